The molecule has 2 saturated heterocycles. The number of hydrogen-bond donors (Lipinski definition) is 1. The summed E-state index contributed by atoms with van der Waals surface area (Å²) in [5.74, 6) is 2.95. The van der Waals surface area contributed by atoms with Gasteiger partial charge in [0.05, 0.1) is 5.75 Å². The van der Waals surface area contributed by atoms with Crippen molar-refractivity contribution in [3.8, 4) is 0 Å². The van der Waals surface area contributed by atoms with E-state index in [1.54, 1.807) is 0 Å². The highest BCUT2D eigenvalue weighted by Gasteiger charge is 2.28. The van der Waals surface area contributed by atoms with E-state index in [1.807, 2.05) is 11.8 Å². The number of rotatable bonds is 4. The Labute approximate surface area is 109 Å². The first-order chi connectivity index (χ1) is 8.18. The van der Waals surface area contributed by atoms with Gasteiger partial charge in [-0.2, -0.15) is 11.8 Å². The predicted molar refractivity (Wildman–Crippen MR) is 73.3 cm³/mol. The van der Waals surface area contributed by atoms with E-state index < -0.39 is 0 Å². The summed E-state index contributed by atoms with van der Waals surface area (Å²) in [6.45, 7) is 6.65. The van der Waals surface area contributed by atoms with Gasteiger partial charge in [-0.15, -0.1) is 0 Å². The van der Waals surface area contributed by atoms with Gasteiger partial charge in [0.2, 0.25) is 5.91 Å². The van der Waals surface area contributed by atoms with E-state index in [4.69, 9.17) is 0 Å². The molecule has 2 aliphatic rings. The molecule has 0 aromatic carbocycles. The van der Waals surface area contributed by atoms with E-state index >= 15 is 0 Å². The van der Waals surface area contributed by atoms with Crippen LogP contribution < -0.4 is 5.32 Å². The van der Waals surface area contributed by atoms with E-state index in [2.05, 4.69) is 24.1 Å². The number of carbonyl (C=O) groups excluding carboxylic acids is 1. The lowest BCUT2D eigenvalue weighted by Gasteiger charge is -2.39. The van der Waals surface area contributed by atoms with Crippen LogP contribution in [0.15, 0.2) is 0 Å². The zero-order valence-corrected chi connectivity index (χ0v) is 11.8. The topological polar surface area (TPSA) is 32.3 Å². The van der Waals surface area contributed by atoms with Gasteiger partial charge in [-0.1, -0.05) is 0 Å². The number of carbonyl (C=O) groups is 1. The molecule has 0 saturated carbocycles. The van der Waals surface area contributed by atoms with Gasteiger partial charge >= 0.3 is 0 Å². The third-order valence-corrected chi connectivity index (χ3v) is 5.08. The normalized spacial score (nSPS) is 30.1. The maximum absolute atomic E-state index is 12.2. The molecule has 4 heteroatoms. The van der Waals surface area contributed by atoms with Crippen LogP contribution >= 0.6 is 11.8 Å². The molecule has 2 atom stereocenters. The number of thioether (sulfide) groups is 1. The molecule has 0 radical (unpaired) electrons. The van der Waals surface area contributed by atoms with Crippen LogP contribution in [0.2, 0.25) is 0 Å². The number of nitrogens with one attached hydrogen (secondary N) is 1. The average Bonchev–Trinajstić information content (AvgIpc) is 2.21. The zero-order valence-electron chi connectivity index (χ0n) is 10.9. The summed E-state index contributed by atoms with van der Waals surface area (Å²) in [4.78, 5) is 14.3. The number of nitrogens with zero attached hydrogens (tertiary/aromatic N) is 1. The number of amides is 1. The van der Waals surface area contributed by atoms with Gasteiger partial charge in [0.1, 0.15) is 0 Å². The molecule has 1 N–H and O–H groups in total. The molecule has 2 fully saturated rings. The highest BCUT2D eigenvalue weighted by molar-refractivity contribution is 7.99. The molecule has 17 heavy (non-hydrogen) atoms. The number of likely N-dealkylation sites (tertiary alicyclic amines) is 1. The minimum Gasteiger partial charge on any atom is -0.337 e. The molecule has 2 rings (SSSR count). The maximum atomic E-state index is 12.2. The lowest BCUT2D eigenvalue weighted by Crippen LogP contribution is -2.48. The Kier molecular flexibility index (Phi) is 4.74. The Bertz CT molecular complexity index is 258. The van der Waals surface area contributed by atoms with Gasteiger partial charge in [0.15, 0.2) is 0 Å². The highest BCUT2D eigenvalue weighted by Crippen LogP contribution is 2.23. The Morgan fingerprint density at radius 1 is 1.29 bits per heavy atom. The molecule has 0 spiro atoms. The summed E-state index contributed by atoms with van der Waals surface area (Å²) in [6.07, 6.45) is 3.62. The van der Waals surface area contributed by atoms with Gasteiger partial charge in [-0.3, -0.25) is 4.79 Å². The molecule has 98 valence electrons. The third kappa shape index (κ3) is 3.38. The third-order valence-electron chi connectivity index (χ3n) is 3.93. The second-order valence-electron chi connectivity index (χ2n) is 5.47. The largest absolute Gasteiger partial charge is 0.337 e. The van der Waals surface area contributed by atoms with Crippen LogP contribution in [0.25, 0.3) is 0 Å². The van der Waals surface area contributed by atoms with Crippen LogP contribution in [0, 0.1) is 5.92 Å². The van der Waals surface area contributed by atoms with E-state index in [-0.39, 0.29) is 0 Å². The Morgan fingerprint density at radius 2 is 1.94 bits per heavy atom. The predicted octanol–water partition coefficient (Wildman–Crippen LogP) is 1.73. The molecule has 0 bridgehead atoms. The molecule has 0 aromatic heterocycles. The minimum atomic E-state index is 0.349. The smallest absolute Gasteiger partial charge is 0.233 e. The van der Waals surface area contributed by atoms with Crippen molar-refractivity contribution in [2.45, 2.75) is 45.2 Å². The van der Waals surface area contributed by atoms with Crippen LogP contribution in [0.4, 0.5) is 0 Å². The van der Waals surface area contributed by atoms with Crippen molar-refractivity contribution >= 4 is 17.7 Å². The van der Waals surface area contributed by atoms with Crippen molar-refractivity contribution in [1.82, 2.24) is 10.2 Å². The number of hydrogen-bond acceptors (Lipinski definition) is 3. The highest BCUT2D eigenvalue weighted by atomic mass is 32.2. The minimum absolute atomic E-state index is 0.349. The summed E-state index contributed by atoms with van der Waals surface area (Å²) in [5, 5.41) is 3.27. The lowest BCUT2D eigenvalue weighted by molar-refractivity contribution is -0.134. The molecular weight excluding hydrogens is 232 g/mol. The van der Waals surface area contributed by atoms with Crippen LogP contribution in [-0.4, -0.2) is 47.5 Å². The SMILES string of the molecule is CC1CCCC(C)N1C(=O)CSCC1CNC1. The van der Waals surface area contributed by atoms with Crippen molar-refractivity contribution in [2.75, 3.05) is 24.6 Å². The standard InChI is InChI=1S/C13H24N2OS/c1-10-4-3-5-11(2)15(10)13(16)9-17-8-12-6-14-7-12/h10-12,14H,3-9H2,1-2H3. The van der Waals surface area contributed by atoms with Crippen molar-refractivity contribution in [3.63, 3.8) is 0 Å². The second-order valence-corrected chi connectivity index (χ2v) is 6.50. The summed E-state index contributed by atoms with van der Waals surface area (Å²) in [7, 11) is 0. The summed E-state index contributed by atoms with van der Waals surface area (Å²) in [5.41, 5.74) is 0. The molecule has 2 unspecified atom stereocenters. The van der Waals surface area contributed by atoms with Gasteiger partial charge in [-0.05, 0) is 57.9 Å². The molecule has 1 amide bonds. The van der Waals surface area contributed by atoms with Gasteiger partial charge < -0.3 is 10.2 Å². The molecular formula is C13H24N2OS. The molecule has 2 heterocycles. The number of piperidine rings is 1. The fourth-order valence-corrected chi connectivity index (χ4v) is 3.78. The van der Waals surface area contributed by atoms with Crippen molar-refractivity contribution < 1.29 is 4.79 Å². The Hall–Kier alpha value is -0.220. The second kappa shape index (κ2) is 6.10. The van der Waals surface area contributed by atoms with Crippen molar-refractivity contribution in [2.24, 2.45) is 5.92 Å². The lowest BCUT2D eigenvalue weighted by atomic mass is 9.98. The molecule has 0 aromatic rings. The van der Waals surface area contributed by atoms with Crippen LogP contribution in [0.1, 0.15) is 33.1 Å². The fraction of sp³-hybridized carbons (Fsp3) is 0.923. The first-order valence-corrected chi connectivity index (χ1v) is 7.93. The van der Waals surface area contributed by atoms with Crippen molar-refractivity contribution in [3.05, 3.63) is 0 Å². The fourth-order valence-electron chi connectivity index (χ4n) is 2.77. The Morgan fingerprint density at radius 3 is 2.47 bits per heavy atom. The van der Waals surface area contributed by atoms with E-state index in [9.17, 15) is 4.79 Å². The first kappa shape index (κ1) is 13.2. The van der Waals surface area contributed by atoms with Crippen LogP contribution in [0.3, 0.4) is 0 Å². The van der Waals surface area contributed by atoms with E-state index in [0.717, 1.165) is 24.8 Å². The summed E-state index contributed by atoms with van der Waals surface area (Å²) < 4.78 is 0. The van der Waals surface area contributed by atoms with Gasteiger partial charge in [-0.25, -0.2) is 0 Å². The zero-order chi connectivity index (χ0) is 12.3. The van der Waals surface area contributed by atoms with Gasteiger partial charge in [0.25, 0.3) is 0 Å². The molecule has 2 aliphatic heterocycles. The van der Waals surface area contributed by atoms with E-state index in [0.29, 0.717) is 23.7 Å². The van der Waals surface area contributed by atoms with E-state index in [1.165, 1.54) is 19.3 Å². The maximum Gasteiger partial charge on any atom is 0.233 e. The average molecular weight is 256 g/mol. The monoisotopic (exact) mass is 256 g/mol. The quantitative estimate of drug-likeness (QED) is 0.831. The molecule has 3 nitrogen and oxygen atoms in total. The van der Waals surface area contributed by atoms with Crippen molar-refractivity contribution in [1.29, 1.82) is 0 Å². The molecule has 0 aliphatic carbocycles. The summed E-state index contributed by atoms with van der Waals surface area (Å²) in [6, 6.07) is 0.884. The Balaban J connectivity index is 1.73. The first-order valence-electron chi connectivity index (χ1n) is 6.78. The van der Waals surface area contributed by atoms with Crippen LogP contribution in [0.5, 0.6) is 0 Å². The van der Waals surface area contributed by atoms with Gasteiger partial charge in [0, 0.05) is 12.1 Å². The summed E-state index contributed by atoms with van der Waals surface area (Å²) >= 11 is 1.81. The van der Waals surface area contributed by atoms with Crippen LogP contribution in [-0.2, 0) is 4.79 Å².